The Balaban J connectivity index is 1.75. The predicted molar refractivity (Wildman–Crippen MR) is 104 cm³/mol. The zero-order valence-corrected chi connectivity index (χ0v) is 16.3. The van der Waals surface area contributed by atoms with Gasteiger partial charge < -0.3 is 9.64 Å². The molecule has 1 saturated heterocycles. The number of ether oxygens (including phenoxy) is 1. The summed E-state index contributed by atoms with van der Waals surface area (Å²) in [5, 5.41) is 1.10. The van der Waals surface area contributed by atoms with Crippen LogP contribution in [0.3, 0.4) is 0 Å². The van der Waals surface area contributed by atoms with Gasteiger partial charge in [-0.3, -0.25) is 0 Å². The number of rotatable bonds is 1. The largest absolute Gasteiger partial charge is 0.444 e. The summed E-state index contributed by atoms with van der Waals surface area (Å²) in [5.41, 5.74) is 3.29. The van der Waals surface area contributed by atoms with Gasteiger partial charge >= 0.3 is 6.09 Å². The molecule has 2 aromatic rings. The van der Waals surface area contributed by atoms with Crippen LogP contribution in [0.4, 0.5) is 4.79 Å². The molecule has 0 radical (unpaired) electrons. The normalized spacial score (nSPS) is 18.2. The lowest BCUT2D eigenvalue weighted by Gasteiger charge is -2.26. The Morgan fingerprint density at radius 1 is 1.20 bits per heavy atom. The Bertz CT molecular complexity index is 768. The van der Waals surface area contributed by atoms with E-state index in [1.165, 1.54) is 15.8 Å². The quantitative estimate of drug-likeness (QED) is 0.677. The van der Waals surface area contributed by atoms with Gasteiger partial charge in [0.25, 0.3) is 0 Å². The maximum Gasteiger partial charge on any atom is 0.410 e. The third kappa shape index (κ3) is 4.40. The van der Waals surface area contributed by atoms with E-state index in [9.17, 15) is 4.79 Å². The minimum absolute atomic E-state index is 0.202. The van der Waals surface area contributed by atoms with E-state index < -0.39 is 5.60 Å². The molecule has 3 rings (SSSR count). The van der Waals surface area contributed by atoms with Crippen LogP contribution in [0.2, 0.25) is 0 Å². The molecule has 0 bridgehead atoms. The first-order chi connectivity index (χ1) is 11.8. The van der Waals surface area contributed by atoms with Crippen molar-refractivity contribution in [1.29, 1.82) is 0 Å². The Labute approximate surface area is 153 Å². The number of likely N-dealkylation sites (tertiary alicyclic amines) is 1. The molecule has 1 aliphatic rings. The highest BCUT2D eigenvalue weighted by Gasteiger charge is 2.24. The molecule has 25 heavy (non-hydrogen) atoms. The van der Waals surface area contributed by atoms with Crippen molar-refractivity contribution in [3.05, 3.63) is 34.8 Å². The first-order valence-corrected chi connectivity index (χ1v) is 9.67. The van der Waals surface area contributed by atoms with E-state index in [1.54, 1.807) is 11.3 Å². The third-order valence-electron chi connectivity index (χ3n) is 4.39. The molecule has 0 spiro atoms. The molecule has 134 valence electrons. The number of fused-ring (bicyclic) bond motifs is 1. The van der Waals surface area contributed by atoms with Crippen LogP contribution in [0.15, 0.2) is 29.8 Å². The summed E-state index contributed by atoms with van der Waals surface area (Å²) >= 11 is 1.75. The van der Waals surface area contributed by atoms with Crippen LogP contribution in [0, 0.1) is 0 Å². The second-order valence-electron chi connectivity index (χ2n) is 7.54. The lowest BCUT2D eigenvalue weighted by Crippen LogP contribution is -2.37. The van der Waals surface area contributed by atoms with E-state index in [4.69, 9.17) is 9.72 Å². The first kappa shape index (κ1) is 17.9. The zero-order chi connectivity index (χ0) is 18.0. The summed E-state index contributed by atoms with van der Waals surface area (Å²) in [5.74, 6) is 0. The van der Waals surface area contributed by atoms with Crippen molar-refractivity contribution in [3.63, 3.8) is 0 Å². The standard InChI is InChI=1S/C20H26N2O2S/c1-14(18-21-16-9-5-6-10-17(16)25-18)15-8-7-12-22(13-11-15)19(23)24-20(2,3)4/h5-6,9-10H,7-8,11-13H2,1-4H3/b15-14+. The molecule has 1 aromatic heterocycles. The lowest BCUT2D eigenvalue weighted by atomic mass is 10.0. The topological polar surface area (TPSA) is 42.4 Å². The van der Waals surface area contributed by atoms with Gasteiger partial charge in [-0.05, 0) is 64.7 Å². The number of thiazole rings is 1. The third-order valence-corrected chi connectivity index (χ3v) is 5.54. The summed E-state index contributed by atoms with van der Waals surface area (Å²) in [6.45, 7) is 9.36. The fourth-order valence-electron chi connectivity index (χ4n) is 3.06. The van der Waals surface area contributed by atoms with E-state index in [0.717, 1.165) is 36.3 Å². The van der Waals surface area contributed by atoms with Gasteiger partial charge in [0.05, 0.1) is 10.2 Å². The van der Waals surface area contributed by atoms with Crippen molar-refractivity contribution in [2.45, 2.75) is 52.6 Å². The van der Waals surface area contributed by atoms with Crippen molar-refractivity contribution < 1.29 is 9.53 Å². The van der Waals surface area contributed by atoms with Crippen LogP contribution in [-0.4, -0.2) is 34.7 Å². The van der Waals surface area contributed by atoms with Crippen molar-refractivity contribution in [2.24, 2.45) is 0 Å². The number of allylic oxidation sites excluding steroid dienone is 1. The maximum absolute atomic E-state index is 12.3. The van der Waals surface area contributed by atoms with E-state index in [1.807, 2.05) is 31.7 Å². The number of amides is 1. The Hall–Kier alpha value is -1.88. The van der Waals surface area contributed by atoms with Crippen LogP contribution in [-0.2, 0) is 4.74 Å². The number of hydrogen-bond donors (Lipinski definition) is 0. The molecule has 5 heteroatoms. The first-order valence-electron chi connectivity index (χ1n) is 8.86. The molecule has 0 aliphatic carbocycles. The number of carbonyl (C=O) groups excluding carboxylic acids is 1. The highest BCUT2D eigenvalue weighted by molar-refractivity contribution is 7.19. The summed E-state index contributed by atoms with van der Waals surface area (Å²) < 4.78 is 6.74. The van der Waals surface area contributed by atoms with Gasteiger partial charge in [0.1, 0.15) is 10.6 Å². The molecule has 0 unspecified atom stereocenters. The van der Waals surface area contributed by atoms with Gasteiger partial charge in [-0.15, -0.1) is 11.3 Å². The van der Waals surface area contributed by atoms with E-state index in [0.29, 0.717) is 6.54 Å². The molecule has 2 heterocycles. The number of para-hydroxylation sites is 1. The number of carbonyl (C=O) groups is 1. The average Bonchev–Trinajstić information content (AvgIpc) is 2.81. The molecular weight excluding hydrogens is 332 g/mol. The summed E-state index contributed by atoms with van der Waals surface area (Å²) in [6, 6.07) is 8.26. The Morgan fingerprint density at radius 3 is 2.68 bits per heavy atom. The molecule has 1 aromatic carbocycles. The minimum Gasteiger partial charge on any atom is -0.444 e. The molecule has 0 N–H and O–H groups in total. The minimum atomic E-state index is -0.445. The number of benzene rings is 1. The van der Waals surface area contributed by atoms with Gasteiger partial charge in [-0.2, -0.15) is 0 Å². The average molecular weight is 359 g/mol. The Morgan fingerprint density at radius 2 is 1.96 bits per heavy atom. The fraction of sp³-hybridized carbons (Fsp3) is 0.500. The monoisotopic (exact) mass is 358 g/mol. The molecule has 1 amide bonds. The van der Waals surface area contributed by atoms with Gasteiger partial charge in [0.2, 0.25) is 0 Å². The van der Waals surface area contributed by atoms with Gasteiger partial charge in [-0.1, -0.05) is 17.7 Å². The zero-order valence-electron chi connectivity index (χ0n) is 15.5. The van der Waals surface area contributed by atoms with E-state index in [2.05, 4.69) is 25.1 Å². The highest BCUT2D eigenvalue weighted by Crippen LogP contribution is 2.32. The molecule has 0 atom stereocenters. The molecule has 1 fully saturated rings. The molecule has 1 aliphatic heterocycles. The SMILES string of the molecule is C/C(=C1/CCCN(C(=O)OC(C)(C)C)CC1)c1nc2ccccc2s1. The Kier molecular flexibility index (Phi) is 5.13. The number of hydrogen-bond acceptors (Lipinski definition) is 4. The molecule has 4 nitrogen and oxygen atoms in total. The van der Waals surface area contributed by atoms with Crippen LogP contribution in [0.5, 0.6) is 0 Å². The smallest absolute Gasteiger partial charge is 0.410 e. The van der Waals surface area contributed by atoms with Gasteiger partial charge in [-0.25, -0.2) is 9.78 Å². The van der Waals surface area contributed by atoms with Crippen LogP contribution in [0.25, 0.3) is 15.8 Å². The van der Waals surface area contributed by atoms with Crippen LogP contribution in [0.1, 0.15) is 52.0 Å². The van der Waals surface area contributed by atoms with Crippen molar-refractivity contribution >= 4 is 33.2 Å². The van der Waals surface area contributed by atoms with Crippen molar-refractivity contribution in [1.82, 2.24) is 9.88 Å². The van der Waals surface area contributed by atoms with Gasteiger partial charge in [0.15, 0.2) is 0 Å². The predicted octanol–water partition coefficient (Wildman–Crippen LogP) is 5.49. The molecular formula is C20H26N2O2S. The van der Waals surface area contributed by atoms with E-state index >= 15 is 0 Å². The molecule has 0 saturated carbocycles. The fourth-order valence-corrected chi connectivity index (χ4v) is 4.07. The number of aromatic nitrogens is 1. The van der Waals surface area contributed by atoms with Crippen LogP contribution < -0.4 is 0 Å². The second-order valence-corrected chi connectivity index (χ2v) is 8.57. The summed E-state index contributed by atoms with van der Waals surface area (Å²) in [6.07, 6.45) is 2.67. The van der Waals surface area contributed by atoms with Gasteiger partial charge in [0, 0.05) is 13.1 Å². The lowest BCUT2D eigenvalue weighted by molar-refractivity contribution is 0.0258. The number of nitrogens with zero attached hydrogens (tertiary/aromatic N) is 2. The maximum atomic E-state index is 12.3. The van der Waals surface area contributed by atoms with E-state index in [-0.39, 0.29) is 6.09 Å². The van der Waals surface area contributed by atoms with Crippen molar-refractivity contribution in [2.75, 3.05) is 13.1 Å². The summed E-state index contributed by atoms with van der Waals surface area (Å²) in [7, 11) is 0. The van der Waals surface area contributed by atoms with Crippen molar-refractivity contribution in [3.8, 4) is 0 Å². The second kappa shape index (κ2) is 7.16. The highest BCUT2D eigenvalue weighted by atomic mass is 32.1. The summed E-state index contributed by atoms with van der Waals surface area (Å²) in [4.78, 5) is 18.9. The van der Waals surface area contributed by atoms with Crippen LogP contribution >= 0.6 is 11.3 Å².